The average molecular weight is 440 g/mol. The summed E-state index contributed by atoms with van der Waals surface area (Å²) in [4.78, 5) is 19.1. The molecule has 0 saturated heterocycles. The third kappa shape index (κ3) is 4.32. The molecule has 1 N–H and O–H groups in total. The zero-order valence-electron chi connectivity index (χ0n) is 18.3. The number of fused-ring (bicyclic) bond motifs is 1. The summed E-state index contributed by atoms with van der Waals surface area (Å²) in [6.45, 7) is 2.68. The van der Waals surface area contributed by atoms with E-state index < -0.39 is 12.3 Å². The molecule has 0 spiro atoms. The summed E-state index contributed by atoms with van der Waals surface area (Å²) >= 11 is 0. The Morgan fingerprint density at radius 1 is 1.19 bits per heavy atom. The fourth-order valence-electron chi connectivity index (χ4n) is 3.82. The number of benzene rings is 1. The van der Waals surface area contributed by atoms with Crippen LogP contribution >= 0.6 is 0 Å². The van der Waals surface area contributed by atoms with Crippen molar-refractivity contribution in [3.63, 3.8) is 0 Å². The molecule has 2 saturated carbocycles. The summed E-state index contributed by atoms with van der Waals surface area (Å²) in [6, 6.07) is 6.95. The van der Waals surface area contributed by atoms with Gasteiger partial charge in [-0.15, -0.1) is 0 Å². The smallest absolute Gasteiger partial charge is 0.266 e. The van der Waals surface area contributed by atoms with Crippen molar-refractivity contribution in [2.75, 3.05) is 25.2 Å². The third-order valence-electron chi connectivity index (χ3n) is 6.12. The van der Waals surface area contributed by atoms with Crippen LogP contribution in [0.5, 0.6) is 23.1 Å². The Balaban J connectivity index is 1.33. The van der Waals surface area contributed by atoms with Gasteiger partial charge in [0.25, 0.3) is 5.91 Å². The van der Waals surface area contributed by atoms with Crippen LogP contribution in [0.3, 0.4) is 0 Å². The quantitative estimate of drug-likeness (QED) is 0.639. The largest absolute Gasteiger partial charge is 0.493 e. The van der Waals surface area contributed by atoms with Gasteiger partial charge in [0.15, 0.2) is 17.7 Å². The highest BCUT2D eigenvalue weighted by molar-refractivity contribution is 6.09. The normalized spacial score (nSPS) is 20.9. The van der Waals surface area contributed by atoms with Crippen LogP contribution in [-0.4, -0.2) is 48.7 Å². The lowest BCUT2D eigenvalue weighted by Crippen LogP contribution is -2.46. The summed E-state index contributed by atoms with van der Waals surface area (Å²) in [7, 11) is 1.55. The monoisotopic (exact) mass is 440 g/mol. The summed E-state index contributed by atoms with van der Waals surface area (Å²) in [5.74, 6) is 2.69. The predicted molar refractivity (Wildman–Crippen MR) is 117 cm³/mol. The first kappa shape index (κ1) is 20.9. The van der Waals surface area contributed by atoms with Gasteiger partial charge in [0.1, 0.15) is 17.9 Å². The van der Waals surface area contributed by atoms with Gasteiger partial charge in [-0.3, -0.25) is 9.69 Å². The van der Waals surface area contributed by atoms with Crippen LogP contribution in [-0.2, 0) is 0 Å². The third-order valence-corrected chi connectivity index (χ3v) is 6.12. The van der Waals surface area contributed by atoms with Crippen molar-refractivity contribution in [1.82, 2.24) is 4.98 Å². The molecule has 0 bridgehead atoms. The molecule has 5 rings (SSSR count). The Morgan fingerprint density at radius 2 is 2.00 bits per heavy atom. The summed E-state index contributed by atoms with van der Waals surface area (Å²) in [5, 5.41) is 10.1. The predicted octanol–water partition coefficient (Wildman–Crippen LogP) is 3.41. The molecule has 32 heavy (non-hydrogen) atoms. The van der Waals surface area contributed by atoms with E-state index >= 15 is 0 Å². The fraction of sp³-hybridized carbons (Fsp3) is 0.500. The van der Waals surface area contributed by atoms with E-state index in [0.29, 0.717) is 52.8 Å². The first-order chi connectivity index (χ1) is 15.5. The van der Waals surface area contributed by atoms with E-state index in [4.69, 9.17) is 18.9 Å². The highest BCUT2D eigenvalue weighted by Gasteiger charge is 2.34. The lowest BCUT2D eigenvalue weighted by Gasteiger charge is -2.34. The minimum Gasteiger partial charge on any atom is -0.493 e. The van der Waals surface area contributed by atoms with E-state index in [1.807, 2.05) is 6.92 Å². The number of nitrogens with zero attached hydrogens (tertiary/aromatic N) is 2. The number of amides is 1. The lowest BCUT2D eigenvalue weighted by molar-refractivity contribution is 0.0873. The Kier molecular flexibility index (Phi) is 5.55. The Morgan fingerprint density at radius 3 is 2.72 bits per heavy atom. The Hall–Kier alpha value is -3.00. The molecule has 1 aliphatic heterocycles. The number of pyridine rings is 1. The molecular weight excluding hydrogens is 412 g/mol. The number of hydrogen-bond acceptors (Lipinski definition) is 7. The second-order valence-electron chi connectivity index (χ2n) is 8.72. The number of aliphatic hydroxyl groups excluding tert-OH is 1. The van der Waals surface area contributed by atoms with Crippen LogP contribution < -0.4 is 23.8 Å². The summed E-state index contributed by atoms with van der Waals surface area (Å²) in [5.41, 5.74) is 1.00. The molecule has 1 aromatic heterocycles. The number of carbonyl (C=O) groups excluding carboxylic acids is 1. The molecule has 170 valence electrons. The van der Waals surface area contributed by atoms with E-state index in [9.17, 15) is 9.90 Å². The number of ether oxygens (including phenoxy) is 4. The van der Waals surface area contributed by atoms with Crippen LogP contribution in [0.2, 0.25) is 0 Å². The van der Waals surface area contributed by atoms with Crippen molar-refractivity contribution in [2.45, 2.75) is 44.9 Å². The molecular formula is C24H28N2O6. The number of rotatable bonds is 9. The van der Waals surface area contributed by atoms with E-state index in [0.717, 1.165) is 12.8 Å². The van der Waals surface area contributed by atoms with Crippen LogP contribution in [0, 0.1) is 11.8 Å². The molecule has 2 heterocycles. The van der Waals surface area contributed by atoms with E-state index in [1.54, 1.807) is 36.3 Å². The van der Waals surface area contributed by atoms with Crippen molar-refractivity contribution >= 4 is 11.6 Å². The number of methoxy groups -OCH3 is 1. The van der Waals surface area contributed by atoms with Crippen molar-refractivity contribution in [3.05, 3.63) is 36.0 Å². The molecule has 8 heteroatoms. The molecule has 8 nitrogen and oxygen atoms in total. The maximum atomic E-state index is 13.3. The van der Waals surface area contributed by atoms with Crippen LogP contribution in [0.4, 0.5) is 5.69 Å². The van der Waals surface area contributed by atoms with Gasteiger partial charge in [0.05, 0.1) is 25.5 Å². The average Bonchev–Trinajstić information content (AvgIpc) is 3.70. The first-order valence-electron chi connectivity index (χ1n) is 11.2. The minimum absolute atomic E-state index is 0.208. The van der Waals surface area contributed by atoms with E-state index in [-0.39, 0.29) is 12.5 Å². The number of aliphatic hydroxyl groups is 1. The number of carbonyl (C=O) groups is 1. The second-order valence-corrected chi connectivity index (χ2v) is 8.72. The fourth-order valence-corrected chi connectivity index (χ4v) is 3.82. The van der Waals surface area contributed by atoms with Gasteiger partial charge in [0, 0.05) is 18.3 Å². The summed E-state index contributed by atoms with van der Waals surface area (Å²) in [6.07, 6.45) is 4.98. The van der Waals surface area contributed by atoms with Gasteiger partial charge in [-0.25, -0.2) is 4.98 Å². The summed E-state index contributed by atoms with van der Waals surface area (Å²) < 4.78 is 23.0. The molecule has 2 fully saturated rings. The number of aromatic nitrogens is 1. The maximum absolute atomic E-state index is 13.3. The van der Waals surface area contributed by atoms with Crippen molar-refractivity contribution in [3.8, 4) is 23.1 Å². The van der Waals surface area contributed by atoms with Gasteiger partial charge in [-0.2, -0.15) is 0 Å². The Labute approximate surface area is 187 Å². The van der Waals surface area contributed by atoms with Gasteiger partial charge < -0.3 is 24.1 Å². The topological polar surface area (TPSA) is 90.4 Å². The minimum atomic E-state index is -0.526. The highest BCUT2D eigenvalue weighted by Crippen LogP contribution is 2.38. The number of hydrogen-bond donors (Lipinski definition) is 1. The molecule has 2 aromatic rings. The van der Waals surface area contributed by atoms with Crippen molar-refractivity contribution in [2.24, 2.45) is 11.8 Å². The second kappa shape index (κ2) is 8.50. The van der Waals surface area contributed by atoms with Gasteiger partial charge in [-0.05, 0) is 56.6 Å². The molecule has 1 aromatic carbocycles. The van der Waals surface area contributed by atoms with Gasteiger partial charge in [-0.1, -0.05) is 0 Å². The molecule has 1 amide bonds. The molecule has 2 aliphatic carbocycles. The zero-order valence-corrected chi connectivity index (χ0v) is 18.3. The Bertz CT molecular complexity index is 1000. The van der Waals surface area contributed by atoms with E-state index in [2.05, 4.69) is 4.98 Å². The van der Waals surface area contributed by atoms with Crippen LogP contribution in [0.15, 0.2) is 30.5 Å². The standard InChI is InChI=1S/C24H28N2O6/c1-14-26(17-7-8-20(22(9-17)29-2)30-13-19(27)16-5-6-16)24(28)18-11-25-23(10-21(18)32-14)31-12-15-3-4-15/h7-11,14-16,19,27H,3-6,12-13H2,1-2H3. The zero-order chi connectivity index (χ0) is 22.2. The number of anilines is 1. The van der Waals surface area contributed by atoms with Crippen molar-refractivity contribution in [1.29, 1.82) is 0 Å². The maximum Gasteiger partial charge on any atom is 0.266 e. The van der Waals surface area contributed by atoms with E-state index in [1.165, 1.54) is 19.0 Å². The van der Waals surface area contributed by atoms with Crippen LogP contribution in [0.25, 0.3) is 0 Å². The SMILES string of the molecule is COc1cc(N2C(=O)c3cnc(OCC4CC4)cc3OC2C)ccc1OCC(O)C1CC1. The van der Waals surface area contributed by atoms with Crippen molar-refractivity contribution < 1.29 is 28.8 Å². The molecule has 2 atom stereocenters. The molecule has 2 unspecified atom stereocenters. The van der Waals surface area contributed by atoms with Crippen LogP contribution in [0.1, 0.15) is 43.0 Å². The molecule has 3 aliphatic rings. The van der Waals surface area contributed by atoms with Gasteiger partial charge >= 0.3 is 0 Å². The lowest BCUT2D eigenvalue weighted by atomic mass is 10.1. The van der Waals surface area contributed by atoms with Gasteiger partial charge in [0.2, 0.25) is 5.88 Å². The first-order valence-corrected chi connectivity index (χ1v) is 11.2. The highest BCUT2D eigenvalue weighted by atomic mass is 16.5. The molecule has 0 radical (unpaired) electrons.